The van der Waals surface area contributed by atoms with Gasteiger partial charge in [-0.1, -0.05) is 18.5 Å². The summed E-state index contributed by atoms with van der Waals surface area (Å²) in [4.78, 5) is 14.2. The van der Waals surface area contributed by atoms with Crippen LogP contribution in [0.2, 0.25) is 5.02 Å². The molecule has 0 aliphatic heterocycles. The van der Waals surface area contributed by atoms with Crippen LogP contribution < -0.4 is 0 Å². The summed E-state index contributed by atoms with van der Waals surface area (Å²) < 4.78 is 0.780. The van der Waals surface area contributed by atoms with Crippen LogP contribution >= 0.6 is 39.3 Å². The van der Waals surface area contributed by atoms with Crippen LogP contribution in [0.15, 0.2) is 22.7 Å². The van der Waals surface area contributed by atoms with Crippen molar-refractivity contribution in [2.45, 2.75) is 19.4 Å². The van der Waals surface area contributed by atoms with E-state index in [0.717, 1.165) is 16.6 Å². The number of hydrogen-bond acceptors (Lipinski definition) is 2. The lowest BCUT2D eigenvalue weighted by Crippen LogP contribution is -2.38. The fourth-order valence-electron chi connectivity index (χ4n) is 1.71. The highest BCUT2D eigenvalue weighted by Gasteiger charge is 2.21. The second kappa shape index (κ2) is 7.41. The van der Waals surface area contributed by atoms with E-state index in [1.54, 1.807) is 34.9 Å². The molecule has 0 aliphatic rings. The molecule has 0 aromatic heterocycles. The van der Waals surface area contributed by atoms with Crippen LogP contribution in [0.5, 0.6) is 0 Å². The molecule has 5 heteroatoms. The zero-order valence-corrected chi connectivity index (χ0v) is 13.9. The van der Waals surface area contributed by atoms with Crippen LogP contribution in [-0.4, -0.2) is 35.9 Å². The molecule has 100 valence electrons. The number of amides is 1. The lowest BCUT2D eigenvalue weighted by molar-refractivity contribution is 0.0742. The highest BCUT2D eigenvalue weighted by molar-refractivity contribution is 9.10. The molecule has 0 radical (unpaired) electrons. The first-order chi connectivity index (χ1) is 8.51. The molecule has 0 N–H and O–H groups in total. The molecule has 2 nitrogen and oxygen atoms in total. The average molecular weight is 351 g/mol. The minimum absolute atomic E-state index is 0.00488. The van der Waals surface area contributed by atoms with E-state index in [1.807, 2.05) is 7.05 Å². The third-order valence-electron chi connectivity index (χ3n) is 2.86. The number of carbonyl (C=O) groups excluding carboxylic acids is 1. The molecule has 0 aliphatic carbocycles. The maximum absolute atomic E-state index is 12.4. The fraction of sp³-hybridized carbons (Fsp3) is 0.462. The molecule has 0 fully saturated rings. The molecule has 1 aromatic rings. The molecule has 1 atom stereocenters. The lowest BCUT2D eigenvalue weighted by Gasteiger charge is -2.27. The predicted molar refractivity (Wildman–Crippen MR) is 83.7 cm³/mol. The third-order valence-corrected chi connectivity index (χ3v) is 4.50. The monoisotopic (exact) mass is 349 g/mol. The van der Waals surface area contributed by atoms with Gasteiger partial charge in [0.15, 0.2) is 0 Å². The van der Waals surface area contributed by atoms with E-state index in [4.69, 9.17) is 11.6 Å². The smallest absolute Gasteiger partial charge is 0.255 e. The first-order valence-electron chi connectivity index (χ1n) is 5.72. The van der Waals surface area contributed by atoms with Crippen molar-refractivity contribution in [3.05, 3.63) is 33.3 Å². The topological polar surface area (TPSA) is 20.3 Å². The summed E-state index contributed by atoms with van der Waals surface area (Å²) in [5.41, 5.74) is 0.615. The van der Waals surface area contributed by atoms with Gasteiger partial charge in [0.1, 0.15) is 0 Å². The van der Waals surface area contributed by atoms with Gasteiger partial charge in [0, 0.05) is 28.3 Å². The van der Waals surface area contributed by atoms with Crippen LogP contribution in [0.3, 0.4) is 0 Å². The van der Waals surface area contributed by atoms with Crippen LogP contribution in [-0.2, 0) is 0 Å². The van der Waals surface area contributed by atoms with Gasteiger partial charge in [-0.3, -0.25) is 4.79 Å². The maximum atomic E-state index is 12.4. The minimum Gasteiger partial charge on any atom is -0.338 e. The average Bonchev–Trinajstić information content (AvgIpc) is 2.37. The van der Waals surface area contributed by atoms with Gasteiger partial charge >= 0.3 is 0 Å². The van der Waals surface area contributed by atoms with Gasteiger partial charge in [-0.2, -0.15) is 11.8 Å². The fourth-order valence-corrected chi connectivity index (χ4v) is 3.15. The van der Waals surface area contributed by atoms with Crippen LogP contribution in [0, 0.1) is 0 Å². The maximum Gasteiger partial charge on any atom is 0.255 e. The molecule has 0 bridgehead atoms. The number of carbonyl (C=O) groups is 1. The SMILES string of the molecule is CCC(CSC)N(C)C(=O)c1cc(Cl)ccc1Br. The first kappa shape index (κ1) is 15.9. The summed E-state index contributed by atoms with van der Waals surface area (Å²) in [7, 11) is 1.85. The van der Waals surface area contributed by atoms with Crippen LogP contribution in [0.4, 0.5) is 0 Å². The Balaban J connectivity index is 2.95. The van der Waals surface area contributed by atoms with Gasteiger partial charge in [-0.25, -0.2) is 0 Å². The number of hydrogen-bond donors (Lipinski definition) is 0. The highest BCUT2D eigenvalue weighted by Crippen LogP contribution is 2.23. The van der Waals surface area contributed by atoms with E-state index < -0.39 is 0 Å². The van der Waals surface area contributed by atoms with Gasteiger partial charge in [-0.05, 0) is 46.8 Å². The Morgan fingerprint density at radius 2 is 2.22 bits per heavy atom. The van der Waals surface area contributed by atoms with Gasteiger partial charge in [0.25, 0.3) is 5.91 Å². The summed E-state index contributed by atoms with van der Waals surface area (Å²) >= 11 is 11.1. The Morgan fingerprint density at radius 1 is 1.56 bits per heavy atom. The van der Waals surface area contributed by atoms with Crippen LogP contribution in [0.25, 0.3) is 0 Å². The third kappa shape index (κ3) is 3.90. The molecular formula is C13H17BrClNOS. The molecule has 0 heterocycles. The standard InChI is InChI=1S/C13H17BrClNOS/c1-4-10(8-18-3)16(2)13(17)11-7-9(15)5-6-12(11)14/h5-7,10H,4,8H2,1-3H3. The molecule has 18 heavy (non-hydrogen) atoms. The van der Waals surface area contributed by atoms with Crippen molar-refractivity contribution in [1.29, 1.82) is 0 Å². The molecule has 1 unspecified atom stereocenters. The number of thioether (sulfide) groups is 1. The van der Waals surface area contributed by atoms with E-state index in [9.17, 15) is 4.79 Å². The van der Waals surface area contributed by atoms with Gasteiger partial charge in [0.2, 0.25) is 0 Å². The highest BCUT2D eigenvalue weighted by atomic mass is 79.9. The summed E-state index contributed by atoms with van der Waals surface area (Å²) in [5.74, 6) is 0.946. The van der Waals surface area contributed by atoms with Crippen molar-refractivity contribution < 1.29 is 4.79 Å². The van der Waals surface area contributed by atoms with Crippen molar-refractivity contribution >= 4 is 45.2 Å². The van der Waals surface area contributed by atoms with E-state index in [1.165, 1.54) is 0 Å². The van der Waals surface area contributed by atoms with Crippen molar-refractivity contribution in [1.82, 2.24) is 4.90 Å². The molecule has 1 aromatic carbocycles. The van der Waals surface area contributed by atoms with Crippen molar-refractivity contribution in [3.8, 4) is 0 Å². The zero-order valence-electron chi connectivity index (χ0n) is 10.7. The quantitative estimate of drug-likeness (QED) is 0.788. The van der Waals surface area contributed by atoms with E-state index in [2.05, 4.69) is 29.1 Å². The second-order valence-electron chi connectivity index (χ2n) is 4.06. The Labute approximate surface area is 126 Å². The molecular weight excluding hydrogens is 334 g/mol. The summed E-state index contributed by atoms with van der Waals surface area (Å²) in [6, 6.07) is 5.52. The van der Waals surface area contributed by atoms with Crippen molar-refractivity contribution in [2.75, 3.05) is 19.1 Å². The van der Waals surface area contributed by atoms with E-state index >= 15 is 0 Å². The van der Waals surface area contributed by atoms with E-state index in [-0.39, 0.29) is 11.9 Å². The Morgan fingerprint density at radius 3 is 2.78 bits per heavy atom. The first-order valence-corrected chi connectivity index (χ1v) is 8.28. The second-order valence-corrected chi connectivity index (χ2v) is 6.26. The summed E-state index contributed by atoms with van der Waals surface area (Å²) in [6.45, 7) is 2.09. The number of benzene rings is 1. The number of halogens is 2. The van der Waals surface area contributed by atoms with Gasteiger partial charge in [0.05, 0.1) is 5.56 Å². The zero-order chi connectivity index (χ0) is 13.7. The molecule has 0 saturated heterocycles. The largest absolute Gasteiger partial charge is 0.338 e. The minimum atomic E-state index is 0.00488. The molecule has 0 spiro atoms. The Hall–Kier alpha value is -0.190. The Kier molecular flexibility index (Phi) is 6.53. The van der Waals surface area contributed by atoms with Crippen molar-refractivity contribution in [2.24, 2.45) is 0 Å². The van der Waals surface area contributed by atoms with Gasteiger partial charge < -0.3 is 4.90 Å². The van der Waals surface area contributed by atoms with Gasteiger partial charge in [-0.15, -0.1) is 0 Å². The number of rotatable bonds is 5. The molecule has 1 rings (SSSR count). The molecule has 0 saturated carbocycles. The van der Waals surface area contributed by atoms with Crippen molar-refractivity contribution in [3.63, 3.8) is 0 Å². The normalized spacial score (nSPS) is 12.3. The Bertz CT molecular complexity index is 427. The molecule has 1 amide bonds. The van der Waals surface area contributed by atoms with Crippen LogP contribution in [0.1, 0.15) is 23.7 Å². The summed E-state index contributed by atoms with van der Waals surface area (Å²) in [6.07, 6.45) is 3.00. The predicted octanol–water partition coefficient (Wildman–Crippen LogP) is 4.32. The summed E-state index contributed by atoms with van der Waals surface area (Å²) in [5, 5.41) is 0.577. The van der Waals surface area contributed by atoms with E-state index in [0.29, 0.717) is 10.6 Å². The number of nitrogens with zero attached hydrogens (tertiary/aromatic N) is 1. The lowest BCUT2D eigenvalue weighted by atomic mass is 10.1.